The minimum absolute atomic E-state index is 0.283. The Morgan fingerprint density at radius 1 is 1.17 bits per heavy atom. The maximum atomic E-state index is 13.4. The Morgan fingerprint density at radius 3 is 2.22 bits per heavy atom. The van der Waals surface area contributed by atoms with Gasteiger partial charge in [-0.3, -0.25) is 0 Å². The zero-order valence-electron chi connectivity index (χ0n) is 11.2. The summed E-state index contributed by atoms with van der Waals surface area (Å²) in [4.78, 5) is 2.04. The fourth-order valence-electron chi connectivity index (χ4n) is 1.71. The van der Waals surface area contributed by atoms with Crippen LogP contribution in [0.25, 0.3) is 0 Å². The van der Waals surface area contributed by atoms with Gasteiger partial charge in [0, 0.05) is 27.3 Å². The zero-order valence-corrected chi connectivity index (χ0v) is 11.2. The van der Waals surface area contributed by atoms with Crippen molar-refractivity contribution in [3.05, 3.63) is 23.5 Å². The molecule has 4 nitrogen and oxygen atoms in total. The van der Waals surface area contributed by atoms with E-state index in [-0.39, 0.29) is 5.82 Å². The fourth-order valence-corrected chi connectivity index (χ4v) is 1.71. The highest BCUT2D eigenvalue weighted by molar-refractivity contribution is 5.68. The lowest BCUT2D eigenvalue weighted by Gasteiger charge is -2.26. The van der Waals surface area contributed by atoms with Crippen molar-refractivity contribution in [1.82, 2.24) is 0 Å². The highest BCUT2D eigenvalue weighted by Gasteiger charge is 2.12. The Morgan fingerprint density at radius 2 is 1.72 bits per heavy atom. The number of rotatable bonds is 7. The summed E-state index contributed by atoms with van der Waals surface area (Å²) in [5.41, 5.74) is 7.71. The molecular weight excluding hydrogens is 235 g/mol. The lowest BCUT2D eigenvalue weighted by atomic mass is 10.1. The Kier molecular flexibility index (Phi) is 5.88. The molecule has 1 rings (SSSR count). The number of nitrogen functional groups attached to an aromatic ring is 1. The van der Waals surface area contributed by atoms with Crippen LogP contribution in [0.3, 0.4) is 0 Å². The summed E-state index contributed by atoms with van der Waals surface area (Å²) in [6.45, 7) is 4.27. The number of nitrogens with two attached hydrogens (primary N) is 1. The largest absolute Gasteiger partial charge is 0.397 e. The third kappa shape index (κ3) is 3.85. The first-order valence-corrected chi connectivity index (χ1v) is 5.88. The second-order valence-electron chi connectivity index (χ2n) is 4.13. The van der Waals surface area contributed by atoms with Gasteiger partial charge in [-0.25, -0.2) is 4.39 Å². The molecule has 0 aliphatic heterocycles. The van der Waals surface area contributed by atoms with Gasteiger partial charge in [0.05, 0.1) is 24.6 Å². The van der Waals surface area contributed by atoms with Crippen LogP contribution in [-0.2, 0) is 9.47 Å². The van der Waals surface area contributed by atoms with Crippen molar-refractivity contribution < 1.29 is 13.9 Å². The van der Waals surface area contributed by atoms with Crippen LogP contribution in [0, 0.1) is 12.7 Å². The van der Waals surface area contributed by atoms with E-state index < -0.39 is 0 Å². The van der Waals surface area contributed by atoms with Crippen LogP contribution >= 0.6 is 0 Å². The molecule has 18 heavy (non-hydrogen) atoms. The zero-order chi connectivity index (χ0) is 13.5. The van der Waals surface area contributed by atoms with E-state index >= 15 is 0 Å². The summed E-state index contributed by atoms with van der Waals surface area (Å²) in [6, 6.07) is 3.12. The number of hydrogen-bond donors (Lipinski definition) is 1. The highest BCUT2D eigenvalue weighted by Crippen LogP contribution is 2.26. The van der Waals surface area contributed by atoms with E-state index in [1.54, 1.807) is 27.2 Å². The Balaban J connectivity index is 2.92. The first-order chi connectivity index (χ1) is 8.60. The molecule has 2 N–H and O–H groups in total. The smallest absolute Gasteiger partial charge is 0.128 e. The van der Waals surface area contributed by atoms with Gasteiger partial charge in [0.15, 0.2) is 0 Å². The second kappa shape index (κ2) is 7.18. The topological polar surface area (TPSA) is 47.7 Å². The van der Waals surface area contributed by atoms with E-state index in [2.05, 4.69) is 0 Å². The molecule has 0 bridgehead atoms. The van der Waals surface area contributed by atoms with Crippen LogP contribution in [0.15, 0.2) is 12.1 Å². The molecule has 0 saturated carbocycles. The van der Waals surface area contributed by atoms with Crippen LogP contribution in [0.4, 0.5) is 15.8 Å². The second-order valence-corrected chi connectivity index (χ2v) is 4.13. The van der Waals surface area contributed by atoms with Crippen LogP contribution in [0.5, 0.6) is 0 Å². The highest BCUT2D eigenvalue weighted by atomic mass is 19.1. The summed E-state index contributed by atoms with van der Waals surface area (Å²) in [6.07, 6.45) is 0. The van der Waals surface area contributed by atoms with Gasteiger partial charge in [-0.2, -0.15) is 0 Å². The molecule has 0 aromatic heterocycles. The normalized spacial score (nSPS) is 10.7. The van der Waals surface area contributed by atoms with E-state index in [1.165, 1.54) is 6.07 Å². The van der Waals surface area contributed by atoms with Crippen molar-refractivity contribution in [1.29, 1.82) is 0 Å². The van der Waals surface area contributed by atoms with Gasteiger partial charge in [0.1, 0.15) is 5.82 Å². The molecule has 0 heterocycles. The minimum Gasteiger partial charge on any atom is -0.397 e. The van der Waals surface area contributed by atoms with Crippen molar-refractivity contribution in [2.24, 2.45) is 0 Å². The molecule has 102 valence electrons. The third-order valence-corrected chi connectivity index (χ3v) is 2.78. The van der Waals surface area contributed by atoms with E-state index in [4.69, 9.17) is 15.2 Å². The maximum Gasteiger partial charge on any atom is 0.128 e. The number of methoxy groups -OCH3 is 2. The predicted octanol–water partition coefficient (Wildman–Crippen LogP) is 1.82. The minimum atomic E-state index is -0.283. The molecular formula is C13H21FN2O2. The number of ether oxygens (including phenoxy) is 2. The van der Waals surface area contributed by atoms with Crippen molar-refractivity contribution in [2.45, 2.75) is 6.92 Å². The molecule has 0 radical (unpaired) electrons. The molecule has 0 unspecified atom stereocenters. The fraction of sp³-hybridized carbons (Fsp3) is 0.538. The Hall–Kier alpha value is -1.33. The van der Waals surface area contributed by atoms with Crippen molar-refractivity contribution in [2.75, 3.05) is 51.2 Å². The molecule has 0 saturated heterocycles. The number of nitrogens with zero attached hydrogens (tertiary/aromatic N) is 1. The molecule has 1 aromatic carbocycles. The van der Waals surface area contributed by atoms with Gasteiger partial charge in [0.25, 0.3) is 0 Å². The average molecular weight is 256 g/mol. The van der Waals surface area contributed by atoms with Gasteiger partial charge in [0.2, 0.25) is 0 Å². The monoisotopic (exact) mass is 256 g/mol. The van der Waals surface area contributed by atoms with E-state index in [0.717, 1.165) is 5.69 Å². The SMILES string of the molecule is COCCN(CCOC)c1cc(C)c(F)cc1N. The van der Waals surface area contributed by atoms with Crippen molar-refractivity contribution in [3.8, 4) is 0 Å². The van der Waals surface area contributed by atoms with Crippen LogP contribution < -0.4 is 10.6 Å². The quantitative estimate of drug-likeness (QED) is 0.756. The van der Waals surface area contributed by atoms with Crippen LogP contribution in [0.1, 0.15) is 5.56 Å². The number of anilines is 2. The number of hydrogen-bond acceptors (Lipinski definition) is 4. The summed E-state index contributed by atoms with van der Waals surface area (Å²) in [5.74, 6) is -0.283. The number of aryl methyl sites for hydroxylation is 1. The molecule has 0 fully saturated rings. The van der Waals surface area contributed by atoms with Gasteiger partial charge in [-0.05, 0) is 24.6 Å². The molecule has 0 atom stereocenters. The van der Waals surface area contributed by atoms with Gasteiger partial charge < -0.3 is 20.1 Å². The first-order valence-electron chi connectivity index (χ1n) is 5.88. The van der Waals surface area contributed by atoms with E-state index in [0.29, 0.717) is 37.6 Å². The maximum absolute atomic E-state index is 13.4. The van der Waals surface area contributed by atoms with E-state index in [9.17, 15) is 4.39 Å². The predicted molar refractivity (Wildman–Crippen MR) is 71.5 cm³/mol. The van der Waals surface area contributed by atoms with Crippen molar-refractivity contribution in [3.63, 3.8) is 0 Å². The van der Waals surface area contributed by atoms with Crippen molar-refractivity contribution >= 4 is 11.4 Å². The molecule has 5 heteroatoms. The summed E-state index contributed by atoms with van der Waals surface area (Å²) < 4.78 is 23.5. The Labute approximate surface area is 107 Å². The average Bonchev–Trinajstić information content (AvgIpc) is 2.35. The van der Waals surface area contributed by atoms with Crippen LogP contribution in [-0.4, -0.2) is 40.5 Å². The van der Waals surface area contributed by atoms with Gasteiger partial charge in [-0.15, -0.1) is 0 Å². The molecule has 0 aliphatic carbocycles. The number of halogens is 1. The molecule has 0 spiro atoms. The lowest BCUT2D eigenvalue weighted by Crippen LogP contribution is -2.31. The molecule has 0 aliphatic rings. The van der Waals surface area contributed by atoms with Gasteiger partial charge in [-0.1, -0.05) is 0 Å². The lowest BCUT2D eigenvalue weighted by molar-refractivity contribution is 0.190. The summed E-state index contributed by atoms with van der Waals surface area (Å²) >= 11 is 0. The first kappa shape index (κ1) is 14.7. The molecule has 0 amide bonds. The van der Waals surface area contributed by atoms with Crippen LogP contribution in [0.2, 0.25) is 0 Å². The van der Waals surface area contributed by atoms with E-state index in [1.807, 2.05) is 4.90 Å². The standard InChI is InChI=1S/C13H21FN2O2/c1-10-8-13(12(15)9-11(10)14)16(4-6-17-2)5-7-18-3/h8-9H,4-7,15H2,1-3H3. The Bertz CT molecular complexity index is 377. The van der Waals surface area contributed by atoms with Gasteiger partial charge >= 0.3 is 0 Å². The summed E-state index contributed by atoms with van der Waals surface area (Å²) in [5, 5.41) is 0. The third-order valence-electron chi connectivity index (χ3n) is 2.78. The molecule has 1 aromatic rings. The number of benzene rings is 1. The summed E-state index contributed by atoms with van der Waals surface area (Å²) in [7, 11) is 3.29.